The lowest BCUT2D eigenvalue weighted by Gasteiger charge is -1.99. The Balaban J connectivity index is 2.54. The fourth-order valence-corrected chi connectivity index (χ4v) is 1.71. The van der Waals surface area contributed by atoms with E-state index in [1.165, 1.54) is 23.2 Å². The summed E-state index contributed by atoms with van der Waals surface area (Å²) in [6.07, 6.45) is 5.40. The zero-order chi connectivity index (χ0) is 8.39. The summed E-state index contributed by atoms with van der Waals surface area (Å²) in [6, 6.07) is 2.01. The molecule has 0 atom stereocenters. The second-order valence-electron chi connectivity index (χ2n) is 3.01. The molecule has 1 aliphatic carbocycles. The molecule has 0 spiro atoms. The number of aryl methyl sites for hydroxylation is 1. The van der Waals surface area contributed by atoms with Crippen molar-refractivity contribution in [1.82, 2.24) is 4.98 Å². The van der Waals surface area contributed by atoms with Gasteiger partial charge in [0, 0.05) is 17.5 Å². The first-order chi connectivity index (χ1) is 5.92. The molecule has 1 nitrogen and oxygen atoms in total. The van der Waals surface area contributed by atoms with E-state index >= 15 is 0 Å². The number of hydrogen-bond acceptors (Lipinski definition) is 1. The molecule has 2 rings (SSSR count). The molecule has 1 aromatic rings. The van der Waals surface area contributed by atoms with E-state index < -0.39 is 0 Å². The van der Waals surface area contributed by atoms with E-state index in [1.54, 1.807) is 0 Å². The molecule has 0 aromatic carbocycles. The molecule has 0 saturated heterocycles. The first-order valence-electron chi connectivity index (χ1n) is 4.31. The van der Waals surface area contributed by atoms with Gasteiger partial charge in [0.1, 0.15) is 0 Å². The predicted molar refractivity (Wildman–Crippen MR) is 48.8 cm³/mol. The molecule has 60 valence electrons. The number of aromatic nitrogens is 1. The Morgan fingerprint density at radius 2 is 2.33 bits per heavy atom. The van der Waals surface area contributed by atoms with Crippen LogP contribution in [0.4, 0.5) is 0 Å². The summed E-state index contributed by atoms with van der Waals surface area (Å²) in [6.45, 7) is 1.88. The second kappa shape index (κ2) is 2.98. The highest BCUT2D eigenvalue weighted by Gasteiger charge is 2.13. The van der Waals surface area contributed by atoms with Gasteiger partial charge in [0.2, 0.25) is 0 Å². The van der Waals surface area contributed by atoms with Crippen molar-refractivity contribution < 1.29 is 0 Å². The molecule has 12 heavy (non-hydrogen) atoms. The van der Waals surface area contributed by atoms with Gasteiger partial charge in [0.05, 0.1) is 0 Å². The van der Waals surface area contributed by atoms with Crippen LogP contribution in [-0.4, -0.2) is 4.98 Å². The van der Waals surface area contributed by atoms with Crippen LogP contribution >= 0.6 is 0 Å². The van der Waals surface area contributed by atoms with E-state index in [0.717, 1.165) is 12.8 Å². The Morgan fingerprint density at radius 1 is 1.42 bits per heavy atom. The largest absolute Gasteiger partial charge is 0.261 e. The first kappa shape index (κ1) is 7.36. The van der Waals surface area contributed by atoms with Crippen molar-refractivity contribution in [3.8, 4) is 11.8 Å². The van der Waals surface area contributed by atoms with Gasteiger partial charge in [0.15, 0.2) is 0 Å². The smallest absolute Gasteiger partial charge is 0.0448 e. The van der Waals surface area contributed by atoms with Crippen molar-refractivity contribution in [2.75, 3.05) is 0 Å². The summed E-state index contributed by atoms with van der Waals surface area (Å²) in [4.78, 5) is 4.33. The molecule has 1 heteroatoms. The Labute approximate surface area is 72.8 Å². The molecule has 0 radical (unpaired) electrons. The number of fused-ring (bicyclic) bond motifs is 1. The molecular formula is C11H11N. The maximum Gasteiger partial charge on any atom is 0.0448 e. The zero-order valence-corrected chi connectivity index (χ0v) is 7.22. The minimum absolute atomic E-state index is 1.13. The van der Waals surface area contributed by atoms with Crippen LogP contribution in [0.1, 0.15) is 30.2 Å². The lowest BCUT2D eigenvalue weighted by atomic mass is 10.1. The number of nitrogens with zero attached hydrogens (tertiary/aromatic N) is 1. The third-order valence-electron chi connectivity index (χ3n) is 2.25. The van der Waals surface area contributed by atoms with E-state index in [1.807, 2.05) is 19.2 Å². The number of pyridine rings is 1. The number of rotatable bonds is 0. The van der Waals surface area contributed by atoms with Crippen molar-refractivity contribution >= 4 is 0 Å². The van der Waals surface area contributed by atoms with Crippen LogP contribution in [0.5, 0.6) is 0 Å². The van der Waals surface area contributed by atoms with Gasteiger partial charge < -0.3 is 0 Å². The molecule has 1 heterocycles. The van der Waals surface area contributed by atoms with Gasteiger partial charge in [0.25, 0.3) is 0 Å². The summed E-state index contributed by atoms with van der Waals surface area (Å²) < 4.78 is 0. The van der Waals surface area contributed by atoms with E-state index in [-0.39, 0.29) is 0 Å². The zero-order valence-electron chi connectivity index (χ0n) is 7.22. The maximum absolute atomic E-state index is 4.33. The van der Waals surface area contributed by atoms with E-state index in [4.69, 9.17) is 0 Å². The third-order valence-corrected chi connectivity index (χ3v) is 2.25. The Morgan fingerprint density at radius 3 is 3.17 bits per heavy atom. The third kappa shape index (κ3) is 1.10. The van der Waals surface area contributed by atoms with Crippen molar-refractivity contribution in [2.45, 2.75) is 26.2 Å². The number of hydrogen-bond donors (Lipinski definition) is 0. The average molecular weight is 157 g/mol. The van der Waals surface area contributed by atoms with E-state index in [2.05, 4.69) is 16.8 Å². The highest BCUT2D eigenvalue weighted by Crippen LogP contribution is 2.22. The summed E-state index contributed by atoms with van der Waals surface area (Å²) in [7, 11) is 0. The standard InChI is InChI=1S/C11H11N/c1-2-4-9-7-8-12-11-6-3-5-10(9)11/h7-8H,3,5-6H2,1H3. The Bertz CT molecular complexity index is 355. The molecule has 0 N–H and O–H groups in total. The molecule has 0 saturated carbocycles. The first-order valence-corrected chi connectivity index (χ1v) is 4.31. The van der Waals surface area contributed by atoms with Gasteiger partial charge in [-0.15, -0.1) is 5.92 Å². The van der Waals surface area contributed by atoms with Crippen molar-refractivity contribution in [3.05, 3.63) is 29.1 Å². The quantitative estimate of drug-likeness (QED) is 0.524. The van der Waals surface area contributed by atoms with Crippen LogP contribution < -0.4 is 0 Å². The van der Waals surface area contributed by atoms with Crippen LogP contribution in [0.2, 0.25) is 0 Å². The van der Waals surface area contributed by atoms with Crippen LogP contribution in [0.25, 0.3) is 0 Å². The monoisotopic (exact) mass is 157 g/mol. The van der Waals surface area contributed by atoms with Gasteiger partial charge >= 0.3 is 0 Å². The van der Waals surface area contributed by atoms with Crippen LogP contribution in [0, 0.1) is 11.8 Å². The molecular weight excluding hydrogens is 146 g/mol. The molecule has 1 aromatic heterocycles. The molecule has 0 fully saturated rings. The van der Waals surface area contributed by atoms with Gasteiger partial charge in [-0.1, -0.05) is 5.92 Å². The van der Waals surface area contributed by atoms with Crippen LogP contribution in [0.3, 0.4) is 0 Å². The van der Waals surface area contributed by atoms with Gasteiger partial charge in [-0.2, -0.15) is 0 Å². The lowest BCUT2D eigenvalue weighted by Crippen LogP contribution is -1.90. The Kier molecular flexibility index (Phi) is 1.83. The van der Waals surface area contributed by atoms with Gasteiger partial charge in [-0.25, -0.2) is 0 Å². The lowest BCUT2D eigenvalue weighted by molar-refractivity contribution is 0.899. The highest BCUT2D eigenvalue weighted by atomic mass is 14.7. The Hall–Kier alpha value is -1.29. The average Bonchev–Trinajstić information content (AvgIpc) is 2.53. The summed E-state index contributed by atoms with van der Waals surface area (Å²) in [5, 5.41) is 0. The summed E-state index contributed by atoms with van der Waals surface area (Å²) in [5.74, 6) is 6.05. The van der Waals surface area contributed by atoms with Gasteiger partial charge in [-0.05, 0) is 37.8 Å². The molecule has 0 bridgehead atoms. The van der Waals surface area contributed by atoms with E-state index in [0.29, 0.717) is 0 Å². The minimum Gasteiger partial charge on any atom is -0.261 e. The highest BCUT2D eigenvalue weighted by molar-refractivity contribution is 5.44. The molecule has 0 amide bonds. The fourth-order valence-electron chi connectivity index (χ4n) is 1.71. The SMILES string of the molecule is CC#Cc1ccnc2c1CCC2. The molecule has 0 aliphatic heterocycles. The topological polar surface area (TPSA) is 12.9 Å². The minimum atomic E-state index is 1.13. The van der Waals surface area contributed by atoms with Crippen molar-refractivity contribution in [3.63, 3.8) is 0 Å². The van der Waals surface area contributed by atoms with Gasteiger partial charge in [-0.3, -0.25) is 4.98 Å². The summed E-state index contributed by atoms with van der Waals surface area (Å²) in [5.41, 5.74) is 3.82. The fraction of sp³-hybridized carbons (Fsp3) is 0.364. The normalized spacial score (nSPS) is 13.4. The van der Waals surface area contributed by atoms with E-state index in [9.17, 15) is 0 Å². The second-order valence-corrected chi connectivity index (χ2v) is 3.01. The predicted octanol–water partition coefficient (Wildman–Crippen LogP) is 1.94. The summed E-state index contributed by atoms with van der Waals surface area (Å²) >= 11 is 0. The molecule has 1 aliphatic rings. The molecule has 0 unspecified atom stereocenters. The van der Waals surface area contributed by atoms with Crippen LogP contribution in [-0.2, 0) is 12.8 Å². The van der Waals surface area contributed by atoms with Crippen molar-refractivity contribution in [1.29, 1.82) is 0 Å². The van der Waals surface area contributed by atoms with Crippen molar-refractivity contribution in [2.24, 2.45) is 0 Å². The van der Waals surface area contributed by atoms with Crippen LogP contribution in [0.15, 0.2) is 12.3 Å². The maximum atomic E-state index is 4.33.